The van der Waals surface area contributed by atoms with Crippen molar-refractivity contribution in [2.45, 2.75) is 19.4 Å². The van der Waals surface area contributed by atoms with E-state index in [0.717, 1.165) is 30.9 Å². The average molecular weight is 315 g/mol. The van der Waals surface area contributed by atoms with Gasteiger partial charge in [-0.05, 0) is 48.2 Å². The van der Waals surface area contributed by atoms with Gasteiger partial charge in [-0.3, -0.25) is 4.99 Å². The van der Waals surface area contributed by atoms with E-state index in [1.807, 2.05) is 12.1 Å². The van der Waals surface area contributed by atoms with Crippen molar-refractivity contribution in [2.75, 3.05) is 13.6 Å². The van der Waals surface area contributed by atoms with Crippen LogP contribution in [0.5, 0.6) is 5.75 Å². The molecule has 0 saturated heterocycles. The van der Waals surface area contributed by atoms with E-state index in [0.29, 0.717) is 6.54 Å². The molecule has 0 aliphatic rings. The summed E-state index contributed by atoms with van der Waals surface area (Å²) < 4.78 is 12.8. The summed E-state index contributed by atoms with van der Waals surface area (Å²) in [7, 11) is 1.72. The van der Waals surface area contributed by atoms with Gasteiger partial charge in [-0.15, -0.1) is 0 Å². The molecule has 5 heteroatoms. The van der Waals surface area contributed by atoms with E-state index in [1.54, 1.807) is 31.3 Å². The molecule has 122 valence electrons. The van der Waals surface area contributed by atoms with Gasteiger partial charge in [-0.1, -0.05) is 24.3 Å². The van der Waals surface area contributed by atoms with Crippen molar-refractivity contribution in [3.05, 3.63) is 65.5 Å². The Morgan fingerprint density at radius 2 is 1.65 bits per heavy atom. The minimum absolute atomic E-state index is 0.231. The first kappa shape index (κ1) is 16.8. The van der Waals surface area contributed by atoms with Gasteiger partial charge in [0.1, 0.15) is 11.6 Å². The fraction of sp³-hybridized carbons (Fsp3) is 0.278. The second kappa shape index (κ2) is 8.78. The number of rotatable bonds is 6. The van der Waals surface area contributed by atoms with Gasteiger partial charge in [-0.25, -0.2) is 4.39 Å². The molecule has 3 N–H and O–H groups in total. The number of aryl methyl sites for hydroxylation is 1. The molecule has 2 aromatic rings. The predicted molar refractivity (Wildman–Crippen MR) is 91.0 cm³/mol. The highest BCUT2D eigenvalue weighted by molar-refractivity contribution is 5.79. The molecule has 0 heterocycles. The zero-order valence-electron chi connectivity index (χ0n) is 13.2. The summed E-state index contributed by atoms with van der Waals surface area (Å²) in [5, 5.41) is 15.7. The van der Waals surface area contributed by atoms with Crippen molar-refractivity contribution < 1.29 is 9.50 Å². The number of aliphatic imine (C=N–C) groups is 1. The smallest absolute Gasteiger partial charge is 0.191 e. The van der Waals surface area contributed by atoms with Crippen molar-refractivity contribution in [1.82, 2.24) is 10.6 Å². The molecule has 23 heavy (non-hydrogen) atoms. The predicted octanol–water partition coefficient (Wildman–Crippen LogP) is 2.83. The third-order valence-electron chi connectivity index (χ3n) is 3.47. The van der Waals surface area contributed by atoms with Gasteiger partial charge in [0.05, 0.1) is 0 Å². The van der Waals surface area contributed by atoms with Crippen LogP contribution in [0.1, 0.15) is 17.5 Å². The normalized spacial score (nSPS) is 11.3. The molecule has 0 amide bonds. The minimum atomic E-state index is -0.231. The molecule has 0 saturated carbocycles. The van der Waals surface area contributed by atoms with E-state index in [2.05, 4.69) is 15.6 Å². The number of phenols is 1. The summed E-state index contributed by atoms with van der Waals surface area (Å²) in [5.74, 6) is 0.780. The number of nitrogens with zero attached hydrogens (tertiary/aromatic N) is 1. The van der Waals surface area contributed by atoms with Gasteiger partial charge in [-0.2, -0.15) is 0 Å². The lowest BCUT2D eigenvalue weighted by Crippen LogP contribution is -2.37. The highest BCUT2D eigenvalue weighted by atomic mass is 19.1. The Bertz CT molecular complexity index is 624. The van der Waals surface area contributed by atoms with Crippen LogP contribution in [0.15, 0.2) is 53.5 Å². The Hall–Kier alpha value is -2.56. The maximum absolute atomic E-state index is 12.8. The fourth-order valence-corrected chi connectivity index (χ4v) is 2.17. The van der Waals surface area contributed by atoms with E-state index < -0.39 is 0 Å². The van der Waals surface area contributed by atoms with Crippen molar-refractivity contribution in [3.63, 3.8) is 0 Å². The zero-order valence-corrected chi connectivity index (χ0v) is 13.2. The molecule has 4 nitrogen and oxygen atoms in total. The van der Waals surface area contributed by atoms with Gasteiger partial charge < -0.3 is 15.7 Å². The van der Waals surface area contributed by atoms with Crippen LogP contribution in [-0.2, 0) is 13.0 Å². The van der Waals surface area contributed by atoms with Crippen LogP contribution in [0.25, 0.3) is 0 Å². The van der Waals surface area contributed by atoms with Gasteiger partial charge in [0.15, 0.2) is 5.96 Å². The first-order valence-corrected chi connectivity index (χ1v) is 7.64. The molecule has 0 aliphatic carbocycles. The first-order valence-electron chi connectivity index (χ1n) is 7.64. The number of aromatic hydroxyl groups is 1. The van der Waals surface area contributed by atoms with Gasteiger partial charge >= 0.3 is 0 Å². The van der Waals surface area contributed by atoms with Crippen molar-refractivity contribution in [3.8, 4) is 5.75 Å². The first-order chi connectivity index (χ1) is 11.2. The molecule has 0 aromatic heterocycles. The lowest BCUT2D eigenvalue weighted by Gasteiger charge is -2.12. The van der Waals surface area contributed by atoms with E-state index in [1.165, 1.54) is 17.7 Å². The van der Waals surface area contributed by atoms with Crippen LogP contribution < -0.4 is 10.6 Å². The third-order valence-corrected chi connectivity index (χ3v) is 3.47. The van der Waals surface area contributed by atoms with Crippen molar-refractivity contribution in [2.24, 2.45) is 4.99 Å². The molecule has 0 radical (unpaired) electrons. The van der Waals surface area contributed by atoms with E-state index in [-0.39, 0.29) is 11.6 Å². The van der Waals surface area contributed by atoms with E-state index in [9.17, 15) is 9.50 Å². The lowest BCUT2D eigenvalue weighted by atomic mass is 10.1. The molecule has 0 unspecified atom stereocenters. The maximum atomic E-state index is 12.8. The highest BCUT2D eigenvalue weighted by Gasteiger charge is 1.99. The largest absolute Gasteiger partial charge is 0.508 e. The van der Waals surface area contributed by atoms with Gasteiger partial charge in [0, 0.05) is 20.1 Å². The number of nitrogens with one attached hydrogen (secondary N) is 2. The second-order valence-electron chi connectivity index (χ2n) is 5.25. The van der Waals surface area contributed by atoms with Crippen LogP contribution in [0.4, 0.5) is 4.39 Å². The number of benzene rings is 2. The summed E-state index contributed by atoms with van der Waals surface area (Å²) in [6, 6.07) is 13.7. The van der Waals surface area contributed by atoms with Gasteiger partial charge in [0.25, 0.3) is 0 Å². The van der Waals surface area contributed by atoms with Gasteiger partial charge in [0.2, 0.25) is 0 Å². The zero-order chi connectivity index (χ0) is 16.5. The molecular formula is C18H22FN3O. The SMILES string of the molecule is CN=C(NCCCc1ccc(O)cc1)NCc1ccc(F)cc1. The number of guanidine groups is 1. The van der Waals surface area contributed by atoms with Crippen LogP contribution in [-0.4, -0.2) is 24.7 Å². The van der Waals surface area contributed by atoms with Crippen molar-refractivity contribution in [1.29, 1.82) is 0 Å². The highest BCUT2D eigenvalue weighted by Crippen LogP contribution is 2.10. The molecule has 0 spiro atoms. The average Bonchev–Trinajstić information content (AvgIpc) is 2.57. The Morgan fingerprint density at radius 1 is 1.00 bits per heavy atom. The summed E-state index contributed by atoms with van der Waals surface area (Å²) in [5.41, 5.74) is 2.19. The molecule has 2 aromatic carbocycles. The molecule has 0 fully saturated rings. The standard InChI is InChI=1S/C18H22FN3O/c1-20-18(22-13-15-4-8-16(19)9-5-15)21-12-2-3-14-6-10-17(23)11-7-14/h4-11,23H,2-3,12-13H2,1H3,(H2,20,21,22). The summed E-state index contributed by atoms with van der Waals surface area (Å²) >= 11 is 0. The Labute approximate surface area is 136 Å². The second-order valence-corrected chi connectivity index (χ2v) is 5.25. The third kappa shape index (κ3) is 5.98. The van der Waals surface area contributed by atoms with Crippen LogP contribution in [0.2, 0.25) is 0 Å². The van der Waals surface area contributed by atoms with E-state index >= 15 is 0 Å². The monoisotopic (exact) mass is 315 g/mol. The Balaban J connectivity index is 1.68. The number of halogens is 1. The number of hydrogen-bond donors (Lipinski definition) is 3. The molecular weight excluding hydrogens is 293 g/mol. The fourth-order valence-electron chi connectivity index (χ4n) is 2.17. The molecule has 0 bridgehead atoms. The molecule has 2 rings (SSSR count). The van der Waals surface area contributed by atoms with Crippen molar-refractivity contribution >= 4 is 5.96 Å². The number of phenolic OH excluding ortho intramolecular Hbond substituents is 1. The quantitative estimate of drug-likeness (QED) is 0.436. The topological polar surface area (TPSA) is 56.7 Å². The van der Waals surface area contributed by atoms with Crippen LogP contribution >= 0.6 is 0 Å². The van der Waals surface area contributed by atoms with Crippen LogP contribution in [0.3, 0.4) is 0 Å². The van der Waals surface area contributed by atoms with E-state index in [4.69, 9.17) is 0 Å². The summed E-state index contributed by atoms with van der Waals surface area (Å²) in [4.78, 5) is 4.16. The molecule has 0 atom stereocenters. The maximum Gasteiger partial charge on any atom is 0.191 e. The van der Waals surface area contributed by atoms with Crippen LogP contribution in [0, 0.1) is 5.82 Å². The minimum Gasteiger partial charge on any atom is -0.508 e. The molecule has 0 aliphatic heterocycles. The lowest BCUT2D eigenvalue weighted by molar-refractivity contribution is 0.475. The Morgan fingerprint density at radius 3 is 2.30 bits per heavy atom. The number of hydrogen-bond acceptors (Lipinski definition) is 2. The summed E-state index contributed by atoms with van der Waals surface area (Å²) in [6.07, 6.45) is 1.89. The Kier molecular flexibility index (Phi) is 6.41. The summed E-state index contributed by atoms with van der Waals surface area (Å²) in [6.45, 7) is 1.39.